The van der Waals surface area contributed by atoms with E-state index in [1.165, 1.54) is 5.56 Å². The number of carbonyl (C=O) groups excluding carboxylic acids is 1. The summed E-state index contributed by atoms with van der Waals surface area (Å²) >= 11 is 7.35. The van der Waals surface area contributed by atoms with E-state index in [9.17, 15) is 4.79 Å². The third-order valence-corrected chi connectivity index (χ3v) is 5.89. The molecular formula is C20H19Br2NO3. The molecule has 0 N–H and O–H groups in total. The molecule has 4 nitrogen and oxygen atoms in total. The third kappa shape index (κ3) is 3.67. The van der Waals surface area contributed by atoms with Crippen LogP contribution in [0.1, 0.15) is 18.1 Å². The highest BCUT2D eigenvalue weighted by atomic mass is 79.9. The molecule has 0 fully saturated rings. The minimum Gasteiger partial charge on any atom is -0.496 e. The van der Waals surface area contributed by atoms with Crippen LogP contribution in [0.2, 0.25) is 0 Å². The number of aromatic nitrogens is 1. The molecule has 3 rings (SSSR count). The van der Waals surface area contributed by atoms with Crippen LogP contribution in [-0.2, 0) is 22.5 Å². The summed E-state index contributed by atoms with van der Waals surface area (Å²) in [6.07, 6.45) is 0.193. The van der Waals surface area contributed by atoms with Crippen molar-refractivity contribution in [3.05, 3.63) is 62.7 Å². The molecule has 0 spiro atoms. The van der Waals surface area contributed by atoms with Gasteiger partial charge < -0.3 is 14.0 Å². The zero-order chi connectivity index (χ0) is 18.7. The minimum absolute atomic E-state index is 0.193. The number of carbonyl (C=O) groups is 1. The van der Waals surface area contributed by atoms with Crippen LogP contribution in [0.5, 0.6) is 5.75 Å². The van der Waals surface area contributed by atoms with Gasteiger partial charge in [-0.3, -0.25) is 4.79 Å². The second kappa shape index (κ2) is 8.27. The molecule has 0 bridgehead atoms. The fraction of sp³-hybridized carbons (Fsp3) is 0.250. The summed E-state index contributed by atoms with van der Waals surface area (Å²) in [5, 5.41) is 0.959. The molecule has 0 aliphatic heterocycles. The summed E-state index contributed by atoms with van der Waals surface area (Å²) in [5.41, 5.74) is 3.09. The molecule has 0 aliphatic rings. The van der Waals surface area contributed by atoms with Crippen molar-refractivity contribution in [2.75, 3.05) is 13.7 Å². The zero-order valence-corrected chi connectivity index (χ0v) is 17.8. The number of ether oxygens (including phenoxy) is 2. The van der Waals surface area contributed by atoms with Crippen LogP contribution >= 0.6 is 31.9 Å². The van der Waals surface area contributed by atoms with Crippen molar-refractivity contribution in [2.24, 2.45) is 0 Å². The number of rotatable bonds is 6. The SMILES string of the molecule is CCOC(=O)Cc1c(Br)n(Cc2ccccc2)c2ccc(OC)c(Br)c12. The van der Waals surface area contributed by atoms with Gasteiger partial charge in [-0.15, -0.1) is 0 Å². The predicted molar refractivity (Wildman–Crippen MR) is 110 cm³/mol. The van der Waals surface area contributed by atoms with Crippen molar-refractivity contribution in [1.82, 2.24) is 4.57 Å². The summed E-state index contributed by atoms with van der Waals surface area (Å²) < 4.78 is 14.5. The molecule has 1 aromatic heterocycles. The third-order valence-electron chi connectivity index (χ3n) is 4.19. The topological polar surface area (TPSA) is 40.5 Å². The lowest BCUT2D eigenvalue weighted by atomic mass is 10.1. The van der Waals surface area contributed by atoms with E-state index in [1.807, 2.05) is 37.3 Å². The van der Waals surface area contributed by atoms with Crippen LogP contribution < -0.4 is 4.74 Å². The standard InChI is InChI=1S/C20H19Br2NO3/c1-3-26-17(24)11-14-18-15(9-10-16(25-2)19(18)21)23(20(14)22)12-13-7-5-4-6-8-13/h4-10H,3,11-12H2,1-2H3. The second-order valence-electron chi connectivity index (χ2n) is 5.80. The Kier molecular flexibility index (Phi) is 6.04. The maximum atomic E-state index is 12.1. The second-order valence-corrected chi connectivity index (χ2v) is 7.34. The van der Waals surface area contributed by atoms with Crippen molar-refractivity contribution in [3.8, 4) is 5.75 Å². The Morgan fingerprint density at radius 3 is 2.50 bits per heavy atom. The Labute approximate surface area is 169 Å². The Balaban J connectivity index is 2.17. The van der Waals surface area contributed by atoms with Gasteiger partial charge in [-0.25, -0.2) is 0 Å². The van der Waals surface area contributed by atoms with E-state index in [-0.39, 0.29) is 12.4 Å². The van der Waals surface area contributed by atoms with Crippen molar-refractivity contribution in [3.63, 3.8) is 0 Å². The molecule has 6 heteroatoms. The molecule has 0 saturated heterocycles. The maximum Gasteiger partial charge on any atom is 0.310 e. The number of esters is 1. The summed E-state index contributed by atoms with van der Waals surface area (Å²) in [5.74, 6) is 0.480. The molecule has 0 radical (unpaired) electrons. The molecule has 2 aromatic carbocycles. The molecule has 0 amide bonds. The molecule has 0 aliphatic carbocycles. The number of halogens is 2. The number of methoxy groups -OCH3 is 1. The minimum atomic E-state index is -0.248. The van der Waals surface area contributed by atoms with Gasteiger partial charge in [0.05, 0.1) is 34.7 Å². The molecule has 1 heterocycles. The number of fused-ring (bicyclic) bond motifs is 1. The highest BCUT2D eigenvalue weighted by molar-refractivity contribution is 9.11. The van der Waals surface area contributed by atoms with Crippen molar-refractivity contribution >= 4 is 48.7 Å². The van der Waals surface area contributed by atoms with Crippen LogP contribution in [0.4, 0.5) is 0 Å². The Bertz CT molecular complexity index is 935. The molecule has 0 atom stereocenters. The lowest BCUT2D eigenvalue weighted by molar-refractivity contribution is -0.142. The van der Waals surface area contributed by atoms with Crippen LogP contribution in [0.3, 0.4) is 0 Å². The average molecular weight is 481 g/mol. The normalized spacial score (nSPS) is 10.9. The van der Waals surface area contributed by atoms with Crippen LogP contribution in [0, 0.1) is 0 Å². The van der Waals surface area contributed by atoms with Crippen LogP contribution in [0.25, 0.3) is 10.9 Å². The van der Waals surface area contributed by atoms with Crippen molar-refractivity contribution in [2.45, 2.75) is 19.9 Å². The summed E-state index contributed by atoms with van der Waals surface area (Å²) in [6, 6.07) is 14.2. The van der Waals surface area contributed by atoms with Gasteiger partial charge in [0, 0.05) is 17.5 Å². The van der Waals surface area contributed by atoms with Crippen molar-refractivity contribution in [1.29, 1.82) is 0 Å². The maximum absolute atomic E-state index is 12.1. The van der Waals surface area contributed by atoms with Gasteiger partial charge in [-0.1, -0.05) is 30.3 Å². The number of benzene rings is 2. The molecule has 0 saturated carbocycles. The molecule has 0 unspecified atom stereocenters. The van der Waals surface area contributed by atoms with E-state index in [2.05, 4.69) is 48.6 Å². The largest absolute Gasteiger partial charge is 0.496 e. The van der Waals surface area contributed by atoms with Gasteiger partial charge in [0.2, 0.25) is 0 Å². The van der Waals surface area contributed by atoms with E-state index in [0.29, 0.717) is 13.2 Å². The Hall–Kier alpha value is -1.79. The lowest BCUT2D eigenvalue weighted by Crippen LogP contribution is -2.08. The summed E-state index contributed by atoms with van der Waals surface area (Å²) in [6.45, 7) is 2.87. The van der Waals surface area contributed by atoms with Gasteiger partial charge in [-0.05, 0) is 56.5 Å². The zero-order valence-electron chi connectivity index (χ0n) is 14.6. The fourth-order valence-electron chi connectivity index (χ4n) is 3.03. The summed E-state index contributed by atoms with van der Waals surface area (Å²) in [4.78, 5) is 12.1. The van der Waals surface area contributed by atoms with E-state index in [1.54, 1.807) is 7.11 Å². The Morgan fingerprint density at radius 1 is 1.12 bits per heavy atom. The van der Waals surface area contributed by atoms with Gasteiger partial charge in [0.1, 0.15) is 5.75 Å². The van der Waals surface area contributed by atoms with Gasteiger partial charge in [-0.2, -0.15) is 0 Å². The smallest absolute Gasteiger partial charge is 0.310 e. The summed E-state index contributed by atoms with van der Waals surface area (Å²) in [7, 11) is 1.63. The molecular weight excluding hydrogens is 462 g/mol. The first kappa shape index (κ1) is 19.0. The predicted octanol–water partition coefficient (Wildman–Crippen LogP) is 5.33. The van der Waals surface area contributed by atoms with Gasteiger partial charge in [0.15, 0.2) is 0 Å². The molecule has 26 heavy (non-hydrogen) atoms. The van der Waals surface area contributed by atoms with E-state index >= 15 is 0 Å². The van der Waals surface area contributed by atoms with Gasteiger partial charge in [0.25, 0.3) is 0 Å². The quantitative estimate of drug-likeness (QED) is 0.448. The van der Waals surface area contributed by atoms with Crippen LogP contribution in [0.15, 0.2) is 51.5 Å². The number of hydrogen-bond acceptors (Lipinski definition) is 3. The lowest BCUT2D eigenvalue weighted by Gasteiger charge is -2.09. The monoisotopic (exact) mass is 479 g/mol. The first-order valence-corrected chi connectivity index (χ1v) is 9.88. The average Bonchev–Trinajstić information content (AvgIpc) is 2.89. The molecule has 136 valence electrons. The highest BCUT2D eigenvalue weighted by Gasteiger charge is 2.22. The molecule has 3 aromatic rings. The first-order valence-electron chi connectivity index (χ1n) is 8.29. The van der Waals surface area contributed by atoms with E-state index < -0.39 is 0 Å². The first-order chi connectivity index (χ1) is 12.6. The van der Waals surface area contributed by atoms with Crippen molar-refractivity contribution < 1.29 is 14.3 Å². The highest BCUT2D eigenvalue weighted by Crippen LogP contribution is 2.40. The number of nitrogens with zero attached hydrogens (tertiary/aromatic N) is 1. The van der Waals surface area contributed by atoms with Crippen LogP contribution in [-0.4, -0.2) is 24.3 Å². The van der Waals surface area contributed by atoms with E-state index in [0.717, 1.165) is 31.3 Å². The Morgan fingerprint density at radius 2 is 1.85 bits per heavy atom. The van der Waals surface area contributed by atoms with Gasteiger partial charge >= 0.3 is 5.97 Å². The fourth-order valence-corrected chi connectivity index (χ4v) is 4.42. The van der Waals surface area contributed by atoms with E-state index in [4.69, 9.17) is 9.47 Å². The number of hydrogen-bond donors (Lipinski definition) is 0.